The van der Waals surface area contributed by atoms with Gasteiger partial charge in [-0.3, -0.25) is 0 Å². The molecule has 102 valence electrons. The minimum absolute atomic E-state index is 0.470. The van der Waals surface area contributed by atoms with Crippen LogP contribution in [0.3, 0.4) is 0 Å². The van der Waals surface area contributed by atoms with E-state index in [1.165, 1.54) is 44.4 Å². The summed E-state index contributed by atoms with van der Waals surface area (Å²) in [7, 11) is 0. The van der Waals surface area contributed by atoms with E-state index in [-0.39, 0.29) is 0 Å². The van der Waals surface area contributed by atoms with E-state index in [1.54, 1.807) is 0 Å². The van der Waals surface area contributed by atoms with E-state index >= 15 is 0 Å². The van der Waals surface area contributed by atoms with Crippen molar-refractivity contribution in [3.63, 3.8) is 0 Å². The molecule has 2 unspecified atom stereocenters. The molecule has 1 N–H and O–H groups in total. The molecule has 1 rings (SSSR count). The maximum Gasteiger partial charge on any atom is 0.0612 e. The summed E-state index contributed by atoms with van der Waals surface area (Å²) in [5, 5.41) is 3.70. The van der Waals surface area contributed by atoms with Crippen molar-refractivity contribution in [2.75, 3.05) is 25.2 Å². The summed E-state index contributed by atoms with van der Waals surface area (Å²) in [5.74, 6) is 1.97. The first-order chi connectivity index (χ1) is 8.24. The normalized spacial score (nSPS) is 25.4. The predicted molar refractivity (Wildman–Crippen MR) is 77.8 cm³/mol. The smallest absolute Gasteiger partial charge is 0.0612 e. The van der Waals surface area contributed by atoms with Crippen LogP contribution < -0.4 is 5.32 Å². The largest absolute Gasteiger partial charge is 0.378 e. The molecule has 0 aromatic rings. The molecular formula is C14H29NOS. The highest BCUT2D eigenvalue weighted by Crippen LogP contribution is 2.20. The Bertz CT molecular complexity index is 187. The lowest BCUT2D eigenvalue weighted by molar-refractivity contribution is -0.0242. The lowest BCUT2D eigenvalue weighted by atomic mass is 9.95. The minimum Gasteiger partial charge on any atom is -0.378 e. The standard InChI is InChI=1S/C14H29NOS/c1-12(2)14-11-13(7-9-16-14)15-8-5-4-6-10-17-3/h12-15H,4-11H2,1-3H3. The van der Waals surface area contributed by atoms with Gasteiger partial charge in [-0.05, 0) is 50.2 Å². The van der Waals surface area contributed by atoms with Crippen LogP contribution in [0.25, 0.3) is 0 Å². The van der Waals surface area contributed by atoms with Gasteiger partial charge in [0.05, 0.1) is 6.10 Å². The van der Waals surface area contributed by atoms with Crippen LogP contribution in [-0.2, 0) is 4.74 Å². The first-order valence-electron chi connectivity index (χ1n) is 7.08. The van der Waals surface area contributed by atoms with E-state index in [4.69, 9.17) is 4.74 Å². The Morgan fingerprint density at radius 3 is 2.82 bits per heavy atom. The summed E-state index contributed by atoms with van der Waals surface area (Å²) in [4.78, 5) is 0. The van der Waals surface area contributed by atoms with Gasteiger partial charge >= 0.3 is 0 Å². The number of hydrogen-bond donors (Lipinski definition) is 1. The van der Waals surface area contributed by atoms with Gasteiger partial charge in [-0.2, -0.15) is 11.8 Å². The van der Waals surface area contributed by atoms with Crippen molar-refractivity contribution in [3.05, 3.63) is 0 Å². The van der Waals surface area contributed by atoms with Crippen LogP contribution in [0, 0.1) is 5.92 Å². The maximum absolute atomic E-state index is 5.79. The van der Waals surface area contributed by atoms with Crippen molar-refractivity contribution in [2.24, 2.45) is 5.92 Å². The number of hydrogen-bond acceptors (Lipinski definition) is 3. The molecule has 0 bridgehead atoms. The Morgan fingerprint density at radius 1 is 1.29 bits per heavy atom. The third kappa shape index (κ3) is 6.68. The van der Waals surface area contributed by atoms with Gasteiger partial charge in [-0.1, -0.05) is 20.3 Å². The van der Waals surface area contributed by atoms with E-state index in [9.17, 15) is 0 Å². The summed E-state index contributed by atoms with van der Waals surface area (Å²) in [6, 6.07) is 0.691. The summed E-state index contributed by atoms with van der Waals surface area (Å²) in [6.45, 7) is 6.64. The molecule has 0 radical (unpaired) electrons. The van der Waals surface area contributed by atoms with Crippen molar-refractivity contribution >= 4 is 11.8 Å². The summed E-state index contributed by atoms with van der Waals surface area (Å²) in [6.07, 6.45) is 9.10. The number of thioether (sulfide) groups is 1. The Morgan fingerprint density at radius 2 is 2.12 bits per heavy atom. The van der Waals surface area contributed by atoms with Gasteiger partial charge in [0.2, 0.25) is 0 Å². The Labute approximate surface area is 111 Å². The zero-order valence-electron chi connectivity index (χ0n) is 11.7. The molecule has 2 nitrogen and oxygen atoms in total. The molecule has 1 heterocycles. The van der Waals surface area contributed by atoms with Crippen LogP contribution in [0.4, 0.5) is 0 Å². The van der Waals surface area contributed by atoms with Crippen molar-refractivity contribution < 1.29 is 4.74 Å². The van der Waals surface area contributed by atoms with Crippen LogP contribution in [-0.4, -0.2) is 37.3 Å². The van der Waals surface area contributed by atoms with Gasteiger partial charge in [0.15, 0.2) is 0 Å². The van der Waals surface area contributed by atoms with E-state index < -0.39 is 0 Å². The molecule has 0 aliphatic carbocycles. The van der Waals surface area contributed by atoms with Gasteiger partial charge in [0.25, 0.3) is 0 Å². The van der Waals surface area contributed by atoms with Gasteiger partial charge in [0, 0.05) is 12.6 Å². The maximum atomic E-state index is 5.79. The monoisotopic (exact) mass is 259 g/mol. The molecule has 0 spiro atoms. The molecule has 0 amide bonds. The quantitative estimate of drug-likeness (QED) is 0.676. The Balaban J connectivity index is 2.02. The third-order valence-electron chi connectivity index (χ3n) is 3.52. The van der Waals surface area contributed by atoms with E-state index in [2.05, 4.69) is 25.4 Å². The first-order valence-corrected chi connectivity index (χ1v) is 8.47. The van der Waals surface area contributed by atoms with E-state index in [1.807, 2.05) is 11.8 Å². The fraction of sp³-hybridized carbons (Fsp3) is 1.00. The number of ether oxygens (including phenoxy) is 1. The van der Waals surface area contributed by atoms with Crippen molar-refractivity contribution in [2.45, 2.75) is 58.1 Å². The van der Waals surface area contributed by atoms with E-state index in [0.717, 1.165) is 6.61 Å². The second kappa shape index (κ2) is 9.23. The van der Waals surface area contributed by atoms with Gasteiger partial charge in [-0.25, -0.2) is 0 Å². The van der Waals surface area contributed by atoms with Crippen LogP contribution in [0.5, 0.6) is 0 Å². The van der Waals surface area contributed by atoms with E-state index in [0.29, 0.717) is 18.1 Å². The van der Waals surface area contributed by atoms with Crippen LogP contribution in [0.2, 0.25) is 0 Å². The topological polar surface area (TPSA) is 21.3 Å². The fourth-order valence-corrected chi connectivity index (χ4v) is 2.83. The molecule has 2 atom stereocenters. The summed E-state index contributed by atoms with van der Waals surface area (Å²) in [5.41, 5.74) is 0. The van der Waals surface area contributed by atoms with Gasteiger partial charge < -0.3 is 10.1 Å². The predicted octanol–water partition coefficient (Wildman–Crippen LogP) is 3.31. The Kier molecular flexibility index (Phi) is 8.33. The highest BCUT2D eigenvalue weighted by atomic mass is 32.2. The van der Waals surface area contributed by atoms with Crippen molar-refractivity contribution in [1.82, 2.24) is 5.32 Å². The second-order valence-electron chi connectivity index (χ2n) is 5.38. The zero-order chi connectivity index (χ0) is 12.5. The average Bonchev–Trinajstić information content (AvgIpc) is 2.34. The van der Waals surface area contributed by atoms with Gasteiger partial charge in [-0.15, -0.1) is 0 Å². The molecular weight excluding hydrogens is 230 g/mol. The second-order valence-corrected chi connectivity index (χ2v) is 6.37. The van der Waals surface area contributed by atoms with Crippen LogP contribution in [0.15, 0.2) is 0 Å². The number of unbranched alkanes of at least 4 members (excludes halogenated alkanes) is 2. The molecule has 1 aliphatic rings. The lowest BCUT2D eigenvalue weighted by Crippen LogP contribution is -2.41. The molecule has 3 heteroatoms. The molecule has 1 saturated heterocycles. The third-order valence-corrected chi connectivity index (χ3v) is 4.21. The van der Waals surface area contributed by atoms with Crippen molar-refractivity contribution in [3.8, 4) is 0 Å². The summed E-state index contributed by atoms with van der Waals surface area (Å²) < 4.78 is 5.79. The molecule has 17 heavy (non-hydrogen) atoms. The molecule has 0 aromatic carbocycles. The van der Waals surface area contributed by atoms with Crippen LogP contribution in [0.1, 0.15) is 46.0 Å². The fourth-order valence-electron chi connectivity index (χ4n) is 2.33. The SMILES string of the molecule is CSCCCCCNC1CCOC(C(C)C)C1. The average molecular weight is 259 g/mol. The van der Waals surface area contributed by atoms with Crippen LogP contribution >= 0.6 is 11.8 Å². The Hall–Kier alpha value is 0.270. The molecule has 0 aromatic heterocycles. The number of nitrogens with one attached hydrogen (secondary N) is 1. The van der Waals surface area contributed by atoms with Gasteiger partial charge in [0.1, 0.15) is 0 Å². The molecule has 0 saturated carbocycles. The number of rotatable bonds is 8. The summed E-state index contributed by atoms with van der Waals surface area (Å²) >= 11 is 1.95. The zero-order valence-corrected chi connectivity index (χ0v) is 12.5. The minimum atomic E-state index is 0.470. The highest BCUT2D eigenvalue weighted by Gasteiger charge is 2.24. The lowest BCUT2D eigenvalue weighted by Gasteiger charge is -2.32. The molecule has 1 fully saturated rings. The molecule has 1 aliphatic heterocycles. The highest BCUT2D eigenvalue weighted by molar-refractivity contribution is 7.98. The van der Waals surface area contributed by atoms with Crippen molar-refractivity contribution in [1.29, 1.82) is 0 Å². The first kappa shape index (κ1) is 15.3.